The molecular weight excluding hydrogens is 526 g/mol. The number of nitrogens with one attached hydrogen (secondary N) is 2. The van der Waals surface area contributed by atoms with E-state index in [1.807, 2.05) is 59.4 Å². The third-order valence-electron chi connectivity index (χ3n) is 7.14. The highest BCUT2D eigenvalue weighted by molar-refractivity contribution is 5.93. The van der Waals surface area contributed by atoms with Gasteiger partial charge >= 0.3 is 0 Å². The van der Waals surface area contributed by atoms with E-state index in [0.29, 0.717) is 18.2 Å². The number of nitrogens with zero attached hydrogens (tertiary/aromatic N) is 3. The Morgan fingerprint density at radius 1 is 1.00 bits per heavy atom. The minimum atomic E-state index is -0.626. The summed E-state index contributed by atoms with van der Waals surface area (Å²) in [5.41, 5.74) is 0.301. The van der Waals surface area contributed by atoms with Crippen molar-refractivity contribution in [3.8, 4) is 12.5 Å². The molecule has 0 spiro atoms. The highest BCUT2D eigenvalue weighted by atomic mass is 16.2. The average molecular weight is 590 g/mol. The van der Waals surface area contributed by atoms with Gasteiger partial charge in [0.2, 0.25) is 17.7 Å². The van der Waals surface area contributed by atoms with Crippen molar-refractivity contribution in [1.82, 2.24) is 25.3 Å². The Kier molecular flexibility index (Phi) is 17.8. The van der Waals surface area contributed by atoms with Crippen LogP contribution in [0.25, 0.3) is 0 Å². The fraction of sp³-hybridized carbons (Fsp3) is 0.794. The third-order valence-corrected chi connectivity index (χ3v) is 7.14. The molecule has 0 bridgehead atoms. The fourth-order valence-electron chi connectivity index (χ4n) is 4.80. The van der Waals surface area contributed by atoms with Gasteiger partial charge in [0.15, 0.2) is 0 Å². The summed E-state index contributed by atoms with van der Waals surface area (Å²) < 4.78 is 0. The van der Waals surface area contributed by atoms with Crippen molar-refractivity contribution in [2.24, 2.45) is 5.41 Å². The molecule has 42 heavy (non-hydrogen) atoms. The van der Waals surface area contributed by atoms with E-state index in [0.717, 1.165) is 51.7 Å². The zero-order valence-corrected chi connectivity index (χ0v) is 29.0. The maximum absolute atomic E-state index is 13.3. The van der Waals surface area contributed by atoms with Crippen molar-refractivity contribution >= 4 is 17.7 Å². The number of rotatable bonds is 7. The Hall–Kier alpha value is -2.53. The summed E-state index contributed by atoms with van der Waals surface area (Å²) in [6, 6.07) is 1.83. The standard InChI is InChI=1S/C25H44N4O3.C6H11N.C3H8/c1-18(2)29-16-9-8-12-20(29)22(30)26-21(25(4,5)6)24(32)27(7)17-13-19(3)23(31)28-14-10-11-15-28;1-5-7-6(2,3)4;1-3-2/h13,18,20-21H,8-12,14-17H2,1-7H3,(H,26,30);1,7H,2-4H3;3H2,1-2H3/b19-13+;;. The lowest BCUT2D eigenvalue weighted by atomic mass is 9.85. The molecule has 2 unspecified atom stereocenters. The largest absolute Gasteiger partial charge is 0.342 e. The summed E-state index contributed by atoms with van der Waals surface area (Å²) in [6.07, 6.45) is 13.1. The molecule has 242 valence electrons. The Bertz CT molecular complexity index is 902. The van der Waals surface area contributed by atoms with Gasteiger partial charge in [-0.2, -0.15) is 0 Å². The van der Waals surface area contributed by atoms with Crippen LogP contribution in [-0.2, 0) is 14.4 Å². The number of hydrogen-bond donors (Lipinski definition) is 2. The number of hydrogen-bond acceptors (Lipinski definition) is 5. The van der Waals surface area contributed by atoms with Gasteiger partial charge in [-0.1, -0.05) is 60.0 Å². The molecule has 3 amide bonds. The molecule has 0 aromatic rings. The molecule has 0 saturated carbocycles. The van der Waals surface area contributed by atoms with Gasteiger partial charge in [-0.15, -0.1) is 0 Å². The number of amides is 3. The van der Waals surface area contributed by atoms with Crippen LogP contribution >= 0.6 is 0 Å². The first-order chi connectivity index (χ1) is 19.4. The van der Waals surface area contributed by atoms with Crippen LogP contribution in [-0.4, -0.2) is 89.3 Å². The van der Waals surface area contributed by atoms with E-state index >= 15 is 0 Å². The van der Waals surface area contributed by atoms with E-state index in [9.17, 15) is 14.4 Å². The fourth-order valence-corrected chi connectivity index (χ4v) is 4.80. The van der Waals surface area contributed by atoms with E-state index in [1.54, 1.807) is 11.9 Å². The van der Waals surface area contributed by atoms with Crippen LogP contribution in [0.4, 0.5) is 0 Å². The lowest BCUT2D eigenvalue weighted by Crippen LogP contribution is -2.59. The van der Waals surface area contributed by atoms with E-state index in [-0.39, 0.29) is 29.3 Å². The predicted molar refractivity (Wildman–Crippen MR) is 176 cm³/mol. The normalized spacial score (nSPS) is 18.5. The zero-order valence-electron chi connectivity index (χ0n) is 29.0. The predicted octanol–water partition coefficient (Wildman–Crippen LogP) is 5.19. The van der Waals surface area contributed by atoms with Gasteiger partial charge < -0.3 is 20.4 Å². The number of carbonyl (C=O) groups is 3. The van der Waals surface area contributed by atoms with Crippen molar-refractivity contribution in [3.05, 3.63) is 11.6 Å². The molecule has 2 rings (SSSR count). The summed E-state index contributed by atoms with van der Waals surface area (Å²) in [7, 11) is 1.73. The van der Waals surface area contributed by atoms with Crippen molar-refractivity contribution in [2.45, 2.75) is 138 Å². The second-order valence-corrected chi connectivity index (χ2v) is 14.0. The minimum Gasteiger partial charge on any atom is -0.342 e. The minimum absolute atomic E-state index is 0.0510. The molecule has 0 aliphatic carbocycles. The molecule has 0 radical (unpaired) electrons. The van der Waals surface area contributed by atoms with E-state index in [2.05, 4.69) is 49.3 Å². The molecule has 2 fully saturated rings. The summed E-state index contributed by atoms with van der Waals surface area (Å²) in [4.78, 5) is 44.8. The monoisotopic (exact) mass is 589 g/mol. The number of carbonyl (C=O) groups excluding carboxylic acids is 3. The molecule has 2 heterocycles. The molecule has 2 saturated heterocycles. The molecule has 8 nitrogen and oxygen atoms in total. The number of piperidine rings is 1. The van der Waals surface area contributed by atoms with Crippen LogP contribution in [0.1, 0.15) is 115 Å². The van der Waals surface area contributed by atoms with Gasteiger partial charge in [0.05, 0.1) is 6.04 Å². The number of likely N-dealkylation sites (N-methyl/N-ethyl adjacent to an activating group) is 1. The Balaban J connectivity index is 0.00000144. The van der Waals surface area contributed by atoms with Crippen LogP contribution in [0.15, 0.2) is 11.6 Å². The second kappa shape index (κ2) is 18.9. The summed E-state index contributed by atoms with van der Waals surface area (Å²) in [6.45, 7) is 25.2. The van der Waals surface area contributed by atoms with Gasteiger partial charge in [0.1, 0.15) is 6.04 Å². The van der Waals surface area contributed by atoms with Crippen LogP contribution in [0.5, 0.6) is 0 Å². The third kappa shape index (κ3) is 14.6. The first kappa shape index (κ1) is 39.5. The first-order valence-corrected chi connectivity index (χ1v) is 15.9. The summed E-state index contributed by atoms with van der Waals surface area (Å²) in [5, 5.41) is 5.89. The number of likely N-dealkylation sites (tertiary alicyclic amines) is 2. The topological polar surface area (TPSA) is 85.0 Å². The molecule has 2 aliphatic heterocycles. The van der Waals surface area contributed by atoms with Gasteiger partial charge in [0, 0.05) is 49.9 Å². The summed E-state index contributed by atoms with van der Waals surface area (Å²) >= 11 is 0. The molecule has 2 N–H and O–H groups in total. The highest BCUT2D eigenvalue weighted by Gasteiger charge is 2.38. The van der Waals surface area contributed by atoms with E-state index in [1.165, 1.54) is 6.42 Å². The van der Waals surface area contributed by atoms with Gasteiger partial charge in [-0.25, -0.2) is 0 Å². The van der Waals surface area contributed by atoms with Gasteiger partial charge in [-0.05, 0) is 79.2 Å². The number of terminal acetylenes is 1. The maximum atomic E-state index is 13.3. The van der Waals surface area contributed by atoms with Gasteiger partial charge in [-0.3, -0.25) is 19.3 Å². The Morgan fingerprint density at radius 3 is 1.95 bits per heavy atom. The van der Waals surface area contributed by atoms with Crippen LogP contribution < -0.4 is 10.6 Å². The lowest BCUT2D eigenvalue weighted by molar-refractivity contribution is -0.140. The SMILES string of the molecule is C#CNC(C)(C)C.C/C(=C\CN(C)C(=O)C(NC(=O)C1CCCCN1C(C)C)C(C)(C)C)C(=O)N1CCCC1.CCC. The Morgan fingerprint density at radius 2 is 1.52 bits per heavy atom. The van der Waals surface area contributed by atoms with Crippen molar-refractivity contribution in [1.29, 1.82) is 0 Å². The maximum Gasteiger partial charge on any atom is 0.249 e. The smallest absolute Gasteiger partial charge is 0.249 e. The molecule has 0 aromatic heterocycles. The van der Waals surface area contributed by atoms with Crippen molar-refractivity contribution < 1.29 is 14.4 Å². The highest BCUT2D eigenvalue weighted by Crippen LogP contribution is 2.24. The first-order valence-electron chi connectivity index (χ1n) is 15.9. The average Bonchev–Trinajstić information content (AvgIpc) is 3.43. The van der Waals surface area contributed by atoms with Crippen molar-refractivity contribution in [3.63, 3.8) is 0 Å². The lowest BCUT2D eigenvalue weighted by Gasteiger charge is -2.40. The second-order valence-electron chi connectivity index (χ2n) is 14.0. The zero-order chi connectivity index (χ0) is 32.7. The van der Waals surface area contributed by atoms with Crippen LogP contribution in [0.2, 0.25) is 0 Å². The quantitative estimate of drug-likeness (QED) is 0.243. The van der Waals surface area contributed by atoms with E-state index in [4.69, 9.17) is 6.42 Å². The molecule has 2 aliphatic rings. The molecule has 0 aromatic carbocycles. The van der Waals surface area contributed by atoms with Crippen molar-refractivity contribution in [2.75, 3.05) is 33.2 Å². The van der Waals surface area contributed by atoms with Crippen LogP contribution in [0, 0.1) is 17.9 Å². The van der Waals surface area contributed by atoms with Gasteiger partial charge in [0.25, 0.3) is 0 Å². The molecule has 8 heteroatoms. The van der Waals surface area contributed by atoms with E-state index < -0.39 is 11.5 Å². The van der Waals surface area contributed by atoms with Crippen LogP contribution in [0.3, 0.4) is 0 Å². The Labute approximate surface area is 258 Å². The molecular formula is C34H63N5O3. The molecule has 2 atom stereocenters. The summed E-state index contributed by atoms with van der Waals surface area (Å²) in [5.74, 6) is -0.137.